The summed E-state index contributed by atoms with van der Waals surface area (Å²) in [6.07, 6.45) is 1.74. The summed E-state index contributed by atoms with van der Waals surface area (Å²) in [5.41, 5.74) is 0. The van der Waals surface area contributed by atoms with Gasteiger partial charge in [-0.05, 0) is 0 Å². The van der Waals surface area contributed by atoms with E-state index in [1.54, 1.807) is 11.8 Å². The van der Waals surface area contributed by atoms with Gasteiger partial charge in [-0.2, -0.15) is 0 Å². The molecule has 78 valence electrons. The second kappa shape index (κ2) is 3.77. The summed E-state index contributed by atoms with van der Waals surface area (Å²) < 4.78 is 0.122. The molecule has 1 spiro atoms. The second-order valence-corrected chi connectivity index (χ2v) is 6.88. The van der Waals surface area contributed by atoms with Crippen molar-refractivity contribution in [1.82, 2.24) is 4.90 Å². The van der Waals surface area contributed by atoms with E-state index in [1.807, 2.05) is 23.5 Å². The van der Waals surface area contributed by atoms with Gasteiger partial charge in [-0.25, -0.2) is 0 Å². The highest BCUT2D eigenvalue weighted by molar-refractivity contribution is 8.21. The summed E-state index contributed by atoms with van der Waals surface area (Å²) >= 11 is 3.81. The quantitative estimate of drug-likeness (QED) is 0.631. The number of carbonyl (C=O) groups excluding carboxylic acids is 2. The molecular formula is C9H13NO2S2. The van der Waals surface area contributed by atoms with Crippen LogP contribution in [0.1, 0.15) is 13.3 Å². The Hall–Kier alpha value is -0.160. The lowest BCUT2D eigenvalue weighted by atomic mass is 10.2. The van der Waals surface area contributed by atoms with E-state index in [9.17, 15) is 9.59 Å². The van der Waals surface area contributed by atoms with E-state index < -0.39 is 0 Å². The molecule has 0 saturated carbocycles. The fraction of sp³-hybridized carbons (Fsp3) is 0.778. The molecule has 0 radical (unpaired) electrons. The Morgan fingerprint density at radius 2 is 2.14 bits per heavy atom. The van der Waals surface area contributed by atoms with E-state index >= 15 is 0 Å². The normalized spacial score (nSPS) is 29.8. The Morgan fingerprint density at radius 3 is 2.57 bits per heavy atom. The number of nitrogens with zero attached hydrogens (tertiary/aromatic N) is 1. The van der Waals surface area contributed by atoms with Crippen LogP contribution in [0.3, 0.4) is 0 Å². The van der Waals surface area contributed by atoms with Crippen LogP contribution in [0.15, 0.2) is 0 Å². The van der Waals surface area contributed by atoms with E-state index in [2.05, 4.69) is 0 Å². The van der Waals surface area contributed by atoms with E-state index in [-0.39, 0.29) is 16.0 Å². The maximum absolute atomic E-state index is 11.3. The fourth-order valence-electron chi connectivity index (χ4n) is 2.04. The minimum absolute atomic E-state index is 0.0204. The largest absolute Gasteiger partial charge is 0.331 e. The van der Waals surface area contributed by atoms with E-state index in [1.165, 1.54) is 0 Å². The molecule has 0 aromatic heterocycles. The molecule has 14 heavy (non-hydrogen) atoms. The molecule has 0 aromatic rings. The van der Waals surface area contributed by atoms with Crippen molar-refractivity contribution in [1.29, 1.82) is 0 Å². The summed E-state index contributed by atoms with van der Waals surface area (Å²) in [6, 6.07) is -0.189. The molecule has 0 N–H and O–H groups in total. The Labute approximate surface area is 92.0 Å². The van der Waals surface area contributed by atoms with Gasteiger partial charge in [0.1, 0.15) is 6.29 Å². The number of hydrogen-bond acceptors (Lipinski definition) is 4. The zero-order chi connectivity index (χ0) is 10.2. The van der Waals surface area contributed by atoms with Gasteiger partial charge in [0.25, 0.3) is 0 Å². The number of rotatable bonds is 1. The van der Waals surface area contributed by atoms with Crippen molar-refractivity contribution in [3.05, 3.63) is 0 Å². The summed E-state index contributed by atoms with van der Waals surface area (Å²) in [7, 11) is 0. The zero-order valence-corrected chi connectivity index (χ0v) is 9.70. The van der Waals surface area contributed by atoms with Gasteiger partial charge in [-0.1, -0.05) is 0 Å². The third-order valence-electron chi connectivity index (χ3n) is 2.71. The van der Waals surface area contributed by atoms with Crippen LogP contribution >= 0.6 is 23.5 Å². The van der Waals surface area contributed by atoms with Gasteiger partial charge in [0.2, 0.25) is 5.91 Å². The van der Waals surface area contributed by atoms with Crippen molar-refractivity contribution in [2.24, 2.45) is 0 Å². The first-order valence-corrected chi connectivity index (χ1v) is 6.64. The van der Waals surface area contributed by atoms with Gasteiger partial charge in [0, 0.05) is 31.4 Å². The first-order chi connectivity index (χ1) is 6.67. The van der Waals surface area contributed by atoms with Crippen LogP contribution in [0.2, 0.25) is 0 Å². The van der Waals surface area contributed by atoms with E-state index in [0.717, 1.165) is 30.8 Å². The maximum Gasteiger partial charge on any atom is 0.220 e. The Morgan fingerprint density at radius 1 is 1.50 bits per heavy atom. The van der Waals surface area contributed by atoms with Crippen molar-refractivity contribution in [2.45, 2.75) is 23.5 Å². The topological polar surface area (TPSA) is 37.4 Å². The molecule has 2 aliphatic rings. The molecule has 0 bridgehead atoms. The first-order valence-electron chi connectivity index (χ1n) is 4.67. The molecule has 1 amide bonds. The second-order valence-electron chi connectivity index (χ2n) is 3.66. The van der Waals surface area contributed by atoms with Crippen molar-refractivity contribution < 1.29 is 9.59 Å². The van der Waals surface area contributed by atoms with Gasteiger partial charge >= 0.3 is 0 Å². The lowest BCUT2D eigenvalue weighted by molar-refractivity contribution is -0.132. The van der Waals surface area contributed by atoms with Gasteiger partial charge in [-0.15, -0.1) is 23.5 Å². The Balaban J connectivity index is 2.14. The minimum atomic E-state index is -0.189. The van der Waals surface area contributed by atoms with Crippen LogP contribution in [-0.2, 0) is 9.59 Å². The van der Waals surface area contributed by atoms with Crippen molar-refractivity contribution in [3.8, 4) is 0 Å². The van der Waals surface area contributed by atoms with Crippen LogP contribution in [-0.4, -0.2) is 45.3 Å². The highest BCUT2D eigenvalue weighted by Gasteiger charge is 2.47. The predicted molar refractivity (Wildman–Crippen MR) is 59.5 cm³/mol. The molecule has 0 aliphatic carbocycles. The number of likely N-dealkylation sites (tertiary alicyclic amines) is 1. The third-order valence-corrected chi connectivity index (χ3v) is 6.13. The van der Waals surface area contributed by atoms with Gasteiger partial charge in [-0.3, -0.25) is 4.79 Å². The molecule has 1 atom stereocenters. The molecule has 5 heteroatoms. The molecule has 2 aliphatic heterocycles. The molecule has 3 nitrogen and oxygen atoms in total. The Kier molecular flexibility index (Phi) is 2.79. The molecule has 0 unspecified atom stereocenters. The average Bonchev–Trinajstić information content (AvgIpc) is 2.74. The molecule has 0 aromatic carbocycles. The van der Waals surface area contributed by atoms with Crippen LogP contribution in [0.5, 0.6) is 0 Å². The lowest BCUT2D eigenvalue weighted by Crippen LogP contribution is -2.35. The minimum Gasteiger partial charge on any atom is -0.331 e. The van der Waals surface area contributed by atoms with Crippen molar-refractivity contribution in [3.63, 3.8) is 0 Å². The van der Waals surface area contributed by atoms with Crippen LogP contribution in [0.25, 0.3) is 0 Å². The third kappa shape index (κ3) is 1.67. The van der Waals surface area contributed by atoms with Gasteiger partial charge < -0.3 is 9.69 Å². The maximum atomic E-state index is 11.3. The average molecular weight is 231 g/mol. The van der Waals surface area contributed by atoms with Crippen molar-refractivity contribution >= 4 is 35.7 Å². The molecule has 2 fully saturated rings. The van der Waals surface area contributed by atoms with E-state index in [0.29, 0.717) is 0 Å². The number of amides is 1. The van der Waals surface area contributed by atoms with Crippen LogP contribution in [0.4, 0.5) is 0 Å². The zero-order valence-electron chi connectivity index (χ0n) is 8.06. The number of aldehydes is 1. The molecule has 2 heterocycles. The molecule has 2 saturated heterocycles. The molecule has 2 rings (SSSR count). The number of hydrogen-bond donors (Lipinski definition) is 0. The standard InChI is InChI=1S/C9H13NO2S2/c1-7(12)10-6-9(4-8(10)5-11)13-2-3-14-9/h5,8H,2-4,6H2,1H3/t8-/m0/s1. The van der Waals surface area contributed by atoms with Crippen molar-refractivity contribution in [2.75, 3.05) is 18.1 Å². The molecular weight excluding hydrogens is 218 g/mol. The number of thioether (sulfide) groups is 2. The highest BCUT2D eigenvalue weighted by atomic mass is 32.2. The Bertz CT molecular complexity index is 264. The van der Waals surface area contributed by atoms with Crippen LogP contribution in [0, 0.1) is 0 Å². The highest BCUT2D eigenvalue weighted by Crippen LogP contribution is 2.51. The van der Waals surface area contributed by atoms with Gasteiger partial charge in [0.15, 0.2) is 0 Å². The van der Waals surface area contributed by atoms with Crippen LogP contribution < -0.4 is 0 Å². The monoisotopic (exact) mass is 231 g/mol. The smallest absolute Gasteiger partial charge is 0.220 e. The fourth-order valence-corrected chi connectivity index (χ4v) is 5.32. The SMILES string of the molecule is CC(=O)N1CC2(C[C@H]1C=O)SCCS2. The summed E-state index contributed by atoms with van der Waals surface area (Å²) in [4.78, 5) is 23.9. The first kappa shape index (κ1) is 10.4. The summed E-state index contributed by atoms with van der Waals surface area (Å²) in [5.74, 6) is 2.30. The van der Waals surface area contributed by atoms with Gasteiger partial charge in [0.05, 0.1) is 10.1 Å². The summed E-state index contributed by atoms with van der Waals surface area (Å²) in [5, 5.41) is 0. The lowest BCUT2D eigenvalue weighted by Gasteiger charge is -2.21. The predicted octanol–water partition coefficient (Wildman–Crippen LogP) is 0.982. The van der Waals surface area contributed by atoms with E-state index in [4.69, 9.17) is 0 Å². The summed E-state index contributed by atoms with van der Waals surface area (Å²) in [6.45, 7) is 2.28. The number of carbonyl (C=O) groups is 2.